The van der Waals surface area contributed by atoms with Crippen LogP contribution in [0.25, 0.3) is 11.6 Å². The standard InChI is InChI=1S/C28H26O6/c1-31-19-26(28(30)33-3)25-10-5-4-7-22(25)18-34-24-9-6-8-21(17-24)27(29)16-13-20-11-14-23(32-2)15-12-20/h4-17,19H,18H2,1-3H3/b16-13+,26-19+. The van der Waals surface area contributed by atoms with Gasteiger partial charge in [-0.1, -0.05) is 54.6 Å². The van der Waals surface area contributed by atoms with Crippen LogP contribution in [0.4, 0.5) is 0 Å². The number of rotatable bonds is 10. The minimum atomic E-state index is -0.509. The summed E-state index contributed by atoms with van der Waals surface area (Å²) >= 11 is 0. The molecule has 0 radical (unpaired) electrons. The second kappa shape index (κ2) is 12.1. The predicted octanol–water partition coefficient (Wildman–Crippen LogP) is 5.33. The largest absolute Gasteiger partial charge is 0.503 e. The Morgan fingerprint density at radius 2 is 1.62 bits per heavy atom. The molecular weight excluding hydrogens is 432 g/mol. The van der Waals surface area contributed by atoms with E-state index in [1.807, 2.05) is 42.5 Å². The molecule has 0 saturated heterocycles. The molecule has 3 aromatic carbocycles. The molecule has 34 heavy (non-hydrogen) atoms. The molecule has 174 valence electrons. The first-order valence-corrected chi connectivity index (χ1v) is 10.5. The van der Waals surface area contributed by atoms with Crippen LogP contribution in [-0.2, 0) is 20.9 Å². The lowest BCUT2D eigenvalue weighted by atomic mass is 10.0. The average molecular weight is 459 g/mol. The lowest BCUT2D eigenvalue weighted by molar-refractivity contribution is -0.133. The lowest BCUT2D eigenvalue weighted by Crippen LogP contribution is -2.08. The summed E-state index contributed by atoms with van der Waals surface area (Å²) in [4.78, 5) is 24.8. The van der Waals surface area contributed by atoms with Crippen molar-refractivity contribution in [1.82, 2.24) is 0 Å². The van der Waals surface area contributed by atoms with Crippen LogP contribution in [0.15, 0.2) is 85.1 Å². The third kappa shape index (κ3) is 6.36. The number of ketones is 1. The summed E-state index contributed by atoms with van der Waals surface area (Å²) in [6.07, 6.45) is 4.62. The molecule has 0 amide bonds. The number of hydrogen-bond donors (Lipinski definition) is 0. The van der Waals surface area contributed by atoms with E-state index in [0.717, 1.165) is 16.9 Å². The molecule has 0 unspecified atom stereocenters. The van der Waals surface area contributed by atoms with Crippen LogP contribution in [0.2, 0.25) is 0 Å². The molecule has 0 saturated carbocycles. The van der Waals surface area contributed by atoms with E-state index in [0.29, 0.717) is 16.9 Å². The van der Waals surface area contributed by atoms with Crippen molar-refractivity contribution in [1.29, 1.82) is 0 Å². The molecule has 0 heterocycles. The van der Waals surface area contributed by atoms with E-state index in [1.54, 1.807) is 43.5 Å². The smallest absolute Gasteiger partial charge is 0.341 e. The molecule has 0 aromatic heterocycles. The van der Waals surface area contributed by atoms with Crippen molar-refractivity contribution in [2.24, 2.45) is 0 Å². The van der Waals surface area contributed by atoms with E-state index in [1.165, 1.54) is 26.6 Å². The van der Waals surface area contributed by atoms with E-state index in [2.05, 4.69) is 0 Å². The molecular formula is C28H26O6. The quantitative estimate of drug-likeness (QED) is 0.177. The van der Waals surface area contributed by atoms with Gasteiger partial charge in [0.05, 0.1) is 27.6 Å². The van der Waals surface area contributed by atoms with E-state index < -0.39 is 5.97 Å². The van der Waals surface area contributed by atoms with E-state index >= 15 is 0 Å². The van der Waals surface area contributed by atoms with Gasteiger partial charge in [0.25, 0.3) is 0 Å². The van der Waals surface area contributed by atoms with Crippen LogP contribution in [0.5, 0.6) is 11.5 Å². The van der Waals surface area contributed by atoms with Crippen LogP contribution in [0, 0.1) is 0 Å². The van der Waals surface area contributed by atoms with Gasteiger partial charge in [-0.2, -0.15) is 0 Å². The molecule has 6 heteroatoms. The van der Waals surface area contributed by atoms with Crippen molar-refractivity contribution in [3.05, 3.63) is 107 Å². The van der Waals surface area contributed by atoms with Crippen molar-refractivity contribution < 1.29 is 28.5 Å². The molecule has 0 bridgehead atoms. The summed E-state index contributed by atoms with van der Waals surface area (Å²) in [5.41, 5.74) is 3.10. The Morgan fingerprint density at radius 3 is 2.32 bits per heavy atom. The predicted molar refractivity (Wildman–Crippen MR) is 131 cm³/mol. The van der Waals surface area contributed by atoms with Crippen molar-refractivity contribution in [3.63, 3.8) is 0 Å². The second-order valence-electron chi connectivity index (χ2n) is 7.20. The fourth-order valence-electron chi connectivity index (χ4n) is 3.24. The van der Waals surface area contributed by atoms with E-state index in [4.69, 9.17) is 18.9 Å². The molecule has 0 fully saturated rings. The second-order valence-corrected chi connectivity index (χ2v) is 7.20. The summed E-state index contributed by atoms with van der Waals surface area (Å²) in [6, 6.07) is 21.7. The van der Waals surface area contributed by atoms with Gasteiger partial charge in [0.2, 0.25) is 0 Å². The Kier molecular flexibility index (Phi) is 8.63. The van der Waals surface area contributed by atoms with Crippen molar-refractivity contribution in [2.45, 2.75) is 6.61 Å². The number of allylic oxidation sites excluding steroid dienone is 1. The van der Waals surface area contributed by atoms with Crippen molar-refractivity contribution >= 4 is 23.4 Å². The zero-order valence-corrected chi connectivity index (χ0v) is 19.3. The van der Waals surface area contributed by atoms with Gasteiger partial charge in [-0.05, 0) is 47.0 Å². The van der Waals surface area contributed by atoms with Gasteiger partial charge < -0.3 is 18.9 Å². The first-order chi connectivity index (χ1) is 16.5. The van der Waals surface area contributed by atoms with Gasteiger partial charge in [-0.15, -0.1) is 0 Å². The maximum Gasteiger partial charge on any atom is 0.341 e. The fraction of sp³-hybridized carbons (Fsp3) is 0.143. The Balaban J connectivity index is 1.73. The van der Waals surface area contributed by atoms with Crippen LogP contribution < -0.4 is 9.47 Å². The summed E-state index contributed by atoms with van der Waals surface area (Å²) in [6.45, 7) is 0.188. The molecule has 0 N–H and O–H groups in total. The third-order valence-electron chi connectivity index (χ3n) is 5.00. The lowest BCUT2D eigenvalue weighted by Gasteiger charge is -2.13. The van der Waals surface area contributed by atoms with Gasteiger partial charge in [0, 0.05) is 5.56 Å². The SMILES string of the molecule is CO/C=C(/C(=O)OC)c1ccccc1COc1cccc(C(=O)/C=C/c2ccc(OC)cc2)c1. The first kappa shape index (κ1) is 24.3. The average Bonchev–Trinajstić information content (AvgIpc) is 2.89. The molecule has 0 aliphatic rings. The van der Waals surface area contributed by atoms with Gasteiger partial charge in [-0.25, -0.2) is 4.79 Å². The van der Waals surface area contributed by atoms with Gasteiger partial charge >= 0.3 is 5.97 Å². The van der Waals surface area contributed by atoms with Crippen molar-refractivity contribution in [3.8, 4) is 11.5 Å². The number of methoxy groups -OCH3 is 3. The summed E-state index contributed by atoms with van der Waals surface area (Å²) in [5, 5.41) is 0. The topological polar surface area (TPSA) is 71.1 Å². The zero-order valence-electron chi connectivity index (χ0n) is 19.3. The first-order valence-electron chi connectivity index (χ1n) is 10.5. The fourth-order valence-corrected chi connectivity index (χ4v) is 3.24. The highest BCUT2D eigenvalue weighted by Gasteiger charge is 2.17. The van der Waals surface area contributed by atoms with Crippen LogP contribution in [-0.4, -0.2) is 33.1 Å². The molecule has 0 aliphatic heterocycles. The molecule has 6 nitrogen and oxygen atoms in total. The van der Waals surface area contributed by atoms with Gasteiger partial charge in [0.15, 0.2) is 5.78 Å². The number of carbonyl (C=O) groups excluding carboxylic acids is 2. The molecule has 0 aliphatic carbocycles. The van der Waals surface area contributed by atoms with E-state index in [9.17, 15) is 9.59 Å². The van der Waals surface area contributed by atoms with Crippen LogP contribution in [0.1, 0.15) is 27.0 Å². The van der Waals surface area contributed by atoms with E-state index in [-0.39, 0.29) is 18.0 Å². The minimum absolute atomic E-state index is 0.141. The highest BCUT2D eigenvalue weighted by Crippen LogP contribution is 2.23. The highest BCUT2D eigenvalue weighted by molar-refractivity contribution is 6.16. The Labute approximate surface area is 199 Å². The summed E-state index contributed by atoms with van der Waals surface area (Å²) in [5.74, 6) is 0.642. The summed E-state index contributed by atoms with van der Waals surface area (Å²) < 4.78 is 21.0. The maximum absolute atomic E-state index is 12.7. The monoisotopic (exact) mass is 458 g/mol. The Morgan fingerprint density at radius 1 is 0.853 bits per heavy atom. The number of esters is 1. The molecule has 0 spiro atoms. The highest BCUT2D eigenvalue weighted by atomic mass is 16.5. The number of benzene rings is 3. The zero-order chi connectivity index (χ0) is 24.3. The van der Waals surface area contributed by atoms with Gasteiger partial charge in [0.1, 0.15) is 23.7 Å². The van der Waals surface area contributed by atoms with Crippen LogP contribution in [0.3, 0.4) is 0 Å². The minimum Gasteiger partial charge on any atom is -0.503 e. The molecule has 3 aromatic rings. The van der Waals surface area contributed by atoms with Gasteiger partial charge in [-0.3, -0.25) is 4.79 Å². The summed E-state index contributed by atoms with van der Waals surface area (Å²) in [7, 11) is 4.39. The number of ether oxygens (including phenoxy) is 4. The molecule has 0 atom stereocenters. The third-order valence-corrected chi connectivity index (χ3v) is 5.00. The normalized spacial score (nSPS) is 11.2. The van der Waals surface area contributed by atoms with Crippen LogP contribution >= 0.6 is 0 Å². The molecule has 3 rings (SSSR count). The Bertz CT molecular complexity index is 1190. The number of hydrogen-bond acceptors (Lipinski definition) is 6. The maximum atomic E-state index is 12.7. The van der Waals surface area contributed by atoms with Crippen molar-refractivity contribution in [2.75, 3.05) is 21.3 Å². The number of carbonyl (C=O) groups is 2. The Hall–Kier alpha value is -4.32.